The number of anilines is 2. The largest absolute Gasteiger partial charge is 0.495 e. The molecule has 2 N–H and O–H groups in total. The zero-order chi connectivity index (χ0) is 32.7. The molecule has 2 aliphatic rings. The van der Waals surface area contributed by atoms with Crippen molar-refractivity contribution in [3.63, 3.8) is 0 Å². The van der Waals surface area contributed by atoms with Crippen molar-refractivity contribution in [2.75, 3.05) is 39.7 Å². The Morgan fingerprint density at radius 2 is 1.79 bits per heavy atom. The minimum absolute atomic E-state index is 0.0576. The first-order chi connectivity index (χ1) is 22.8. The number of nitrogens with one attached hydrogen (secondary N) is 2. The van der Waals surface area contributed by atoms with E-state index < -0.39 is 0 Å². The van der Waals surface area contributed by atoms with Crippen LogP contribution in [-0.4, -0.2) is 86.8 Å². The fraction of sp³-hybridized carbons (Fsp3) is 0.343. The molecule has 0 spiro atoms. The molecule has 2 aromatic carbocycles. The second kappa shape index (κ2) is 12.6. The van der Waals surface area contributed by atoms with Crippen molar-refractivity contribution in [1.29, 1.82) is 0 Å². The van der Waals surface area contributed by atoms with E-state index >= 15 is 0 Å². The van der Waals surface area contributed by atoms with E-state index in [1.165, 1.54) is 0 Å². The highest BCUT2D eigenvalue weighted by molar-refractivity contribution is 5.95. The second-order valence-corrected chi connectivity index (χ2v) is 12.3. The van der Waals surface area contributed by atoms with Crippen LogP contribution in [0.1, 0.15) is 28.0 Å². The van der Waals surface area contributed by atoms with Gasteiger partial charge in [0, 0.05) is 62.4 Å². The van der Waals surface area contributed by atoms with Gasteiger partial charge in [-0.25, -0.2) is 9.97 Å². The Kier molecular flexibility index (Phi) is 8.21. The molecule has 1 aliphatic carbocycles. The molecule has 12 heteroatoms. The standard InChI is InChI=1S/C35H39N9O3/c1-42-15-14-27(30(20-42)47-5)38-34(45)23-10-12-26(29(16-23)46-4)39-35-36-17-24-11-13-28-31(32(24)40-35)33(44(3)41-28)22-8-6-21(7-9-22)25-18-37-43(2)19-25/h6-10,12,16-19,27,30H,11,13-15,20H2,1-5H3,(H,38,45)(H,36,39,40)/t27-,30-/m1/s1. The number of aryl methyl sites for hydroxylation is 4. The van der Waals surface area contributed by atoms with E-state index in [1.807, 2.05) is 43.4 Å². The lowest BCUT2D eigenvalue weighted by atomic mass is 9.91. The van der Waals surface area contributed by atoms with Gasteiger partial charge in [-0.05, 0) is 62.2 Å². The van der Waals surface area contributed by atoms with Crippen molar-refractivity contribution < 1.29 is 14.3 Å². The van der Waals surface area contributed by atoms with Crippen LogP contribution < -0.4 is 15.4 Å². The van der Waals surface area contributed by atoms with Gasteiger partial charge in [0.05, 0.1) is 48.2 Å². The van der Waals surface area contributed by atoms with Crippen molar-refractivity contribution in [2.45, 2.75) is 31.4 Å². The lowest BCUT2D eigenvalue weighted by Gasteiger charge is -2.36. The van der Waals surface area contributed by atoms with Gasteiger partial charge in [-0.15, -0.1) is 0 Å². The van der Waals surface area contributed by atoms with Gasteiger partial charge < -0.3 is 25.0 Å². The van der Waals surface area contributed by atoms with Crippen LogP contribution in [0.5, 0.6) is 5.75 Å². The number of aromatic nitrogens is 6. The van der Waals surface area contributed by atoms with Gasteiger partial charge in [0.1, 0.15) is 5.75 Å². The number of hydrogen-bond acceptors (Lipinski definition) is 9. The molecular formula is C35H39N9O3. The van der Waals surface area contributed by atoms with E-state index in [0.717, 1.165) is 77.3 Å². The van der Waals surface area contributed by atoms with Crippen LogP contribution >= 0.6 is 0 Å². The van der Waals surface area contributed by atoms with Gasteiger partial charge in [0.2, 0.25) is 5.95 Å². The fourth-order valence-electron chi connectivity index (χ4n) is 6.63. The molecule has 1 saturated heterocycles. The fourth-order valence-corrected chi connectivity index (χ4v) is 6.63. The highest BCUT2D eigenvalue weighted by atomic mass is 16.5. The summed E-state index contributed by atoms with van der Waals surface area (Å²) >= 11 is 0. The highest BCUT2D eigenvalue weighted by Gasteiger charge is 2.30. The Balaban J connectivity index is 1.14. The molecule has 1 amide bonds. The van der Waals surface area contributed by atoms with Crippen molar-refractivity contribution in [1.82, 2.24) is 39.7 Å². The Morgan fingerprint density at radius 3 is 2.53 bits per heavy atom. The molecule has 2 atom stereocenters. The van der Waals surface area contributed by atoms with Crippen LogP contribution in [0.3, 0.4) is 0 Å². The Morgan fingerprint density at radius 1 is 0.979 bits per heavy atom. The Hall–Kier alpha value is -5.07. The van der Waals surface area contributed by atoms with E-state index in [9.17, 15) is 4.79 Å². The summed E-state index contributed by atoms with van der Waals surface area (Å²) < 4.78 is 15.1. The van der Waals surface area contributed by atoms with Crippen LogP contribution in [0.25, 0.3) is 33.6 Å². The van der Waals surface area contributed by atoms with Gasteiger partial charge in [-0.2, -0.15) is 10.2 Å². The number of fused-ring (bicyclic) bond motifs is 3. The number of ether oxygens (including phenoxy) is 2. The number of benzene rings is 2. The third-order valence-electron chi connectivity index (χ3n) is 9.14. The maximum Gasteiger partial charge on any atom is 0.251 e. The molecule has 0 bridgehead atoms. The molecule has 47 heavy (non-hydrogen) atoms. The predicted octanol–water partition coefficient (Wildman–Crippen LogP) is 4.24. The minimum atomic E-state index is -0.165. The van der Waals surface area contributed by atoms with Gasteiger partial charge in [-0.1, -0.05) is 24.3 Å². The molecule has 1 aliphatic heterocycles. The van der Waals surface area contributed by atoms with Gasteiger partial charge >= 0.3 is 0 Å². The topological polar surface area (TPSA) is 124 Å². The summed E-state index contributed by atoms with van der Waals surface area (Å²) in [4.78, 5) is 25.1. The van der Waals surface area contributed by atoms with E-state index in [0.29, 0.717) is 22.9 Å². The second-order valence-electron chi connectivity index (χ2n) is 12.3. The summed E-state index contributed by atoms with van der Waals surface area (Å²) in [6.07, 6.45) is 8.16. The molecule has 3 aromatic heterocycles. The summed E-state index contributed by atoms with van der Waals surface area (Å²) in [5, 5.41) is 15.7. The van der Waals surface area contributed by atoms with E-state index in [1.54, 1.807) is 31.0 Å². The number of nitrogens with zero attached hydrogens (tertiary/aromatic N) is 7. The number of carbonyl (C=O) groups excluding carboxylic acids is 1. The molecule has 5 aromatic rings. The van der Waals surface area contributed by atoms with E-state index in [2.05, 4.69) is 56.9 Å². The maximum atomic E-state index is 13.2. The normalized spacial score (nSPS) is 17.6. The molecule has 0 unspecified atom stereocenters. The number of likely N-dealkylation sites (tertiary alicyclic amines) is 1. The zero-order valence-corrected chi connectivity index (χ0v) is 27.3. The van der Waals surface area contributed by atoms with Gasteiger partial charge in [0.15, 0.2) is 0 Å². The van der Waals surface area contributed by atoms with E-state index in [-0.39, 0.29) is 18.1 Å². The number of rotatable bonds is 8. The number of carbonyl (C=O) groups is 1. The highest BCUT2D eigenvalue weighted by Crippen LogP contribution is 2.40. The number of likely N-dealkylation sites (N-methyl/N-ethyl adjacent to an activating group) is 1. The Labute approximate surface area is 273 Å². The van der Waals surface area contributed by atoms with Crippen molar-refractivity contribution in [2.24, 2.45) is 14.1 Å². The van der Waals surface area contributed by atoms with Crippen molar-refractivity contribution in [3.8, 4) is 39.4 Å². The maximum absolute atomic E-state index is 13.2. The molecular weight excluding hydrogens is 594 g/mol. The number of hydrogen-bond donors (Lipinski definition) is 2. The monoisotopic (exact) mass is 633 g/mol. The number of amides is 1. The third kappa shape index (κ3) is 5.97. The average molecular weight is 634 g/mol. The summed E-state index contributed by atoms with van der Waals surface area (Å²) in [7, 11) is 9.23. The molecule has 0 radical (unpaired) electrons. The molecule has 1 fully saturated rings. The summed E-state index contributed by atoms with van der Waals surface area (Å²) in [5.41, 5.74) is 9.39. The molecule has 4 heterocycles. The van der Waals surface area contributed by atoms with E-state index in [4.69, 9.17) is 19.6 Å². The minimum Gasteiger partial charge on any atom is -0.495 e. The van der Waals surface area contributed by atoms with Crippen LogP contribution in [0.2, 0.25) is 0 Å². The first-order valence-corrected chi connectivity index (χ1v) is 15.8. The van der Waals surface area contributed by atoms with Gasteiger partial charge in [0.25, 0.3) is 5.91 Å². The third-order valence-corrected chi connectivity index (χ3v) is 9.14. The zero-order valence-electron chi connectivity index (χ0n) is 27.3. The molecule has 0 saturated carbocycles. The molecule has 12 nitrogen and oxygen atoms in total. The summed E-state index contributed by atoms with van der Waals surface area (Å²) in [5.74, 6) is 0.784. The quantitative estimate of drug-likeness (QED) is 0.258. The Bertz CT molecular complexity index is 1930. The smallest absolute Gasteiger partial charge is 0.251 e. The first-order valence-electron chi connectivity index (χ1n) is 15.8. The molecule has 7 rings (SSSR count). The number of methoxy groups -OCH3 is 2. The van der Waals surface area contributed by atoms with Crippen molar-refractivity contribution in [3.05, 3.63) is 77.9 Å². The van der Waals surface area contributed by atoms with Crippen LogP contribution in [0.4, 0.5) is 11.6 Å². The SMILES string of the molecule is COc1cc(C(=O)N[C@@H]2CCN(C)C[C@H]2OC)ccc1Nc1ncc2c(n1)-c1c(nn(C)c1-c1ccc(-c3cnn(C)c3)cc1)CC2. The van der Waals surface area contributed by atoms with Crippen LogP contribution in [-0.2, 0) is 31.7 Å². The van der Waals surface area contributed by atoms with Crippen LogP contribution in [0.15, 0.2) is 61.1 Å². The summed E-state index contributed by atoms with van der Waals surface area (Å²) in [6, 6.07) is 13.8. The lowest BCUT2D eigenvalue weighted by Crippen LogP contribution is -2.53. The van der Waals surface area contributed by atoms with Crippen LogP contribution in [0, 0.1) is 0 Å². The predicted molar refractivity (Wildman–Crippen MR) is 180 cm³/mol. The lowest BCUT2D eigenvalue weighted by molar-refractivity contribution is 0.0142. The van der Waals surface area contributed by atoms with Crippen molar-refractivity contribution >= 4 is 17.5 Å². The average Bonchev–Trinajstić information content (AvgIpc) is 3.68. The summed E-state index contributed by atoms with van der Waals surface area (Å²) in [6.45, 7) is 1.67. The molecule has 242 valence electrons. The first kappa shape index (κ1) is 30.6. The number of piperidine rings is 1. The van der Waals surface area contributed by atoms with Gasteiger partial charge in [-0.3, -0.25) is 14.2 Å².